The summed E-state index contributed by atoms with van der Waals surface area (Å²) in [6, 6.07) is 5.39. The van der Waals surface area contributed by atoms with E-state index in [1.807, 2.05) is 0 Å². The molecule has 1 heterocycles. The van der Waals surface area contributed by atoms with Crippen molar-refractivity contribution in [2.45, 2.75) is 12.3 Å². The van der Waals surface area contributed by atoms with Crippen LogP contribution in [0.4, 0.5) is 13.2 Å². The molecule has 0 spiro atoms. The van der Waals surface area contributed by atoms with Crippen LogP contribution in [0.2, 0.25) is 0 Å². The second kappa shape index (κ2) is 7.61. The molecule has 0 aromatic heterocycles. The highest BCUT2D eigenvalue weighted by molar-refractivity contribution is 5.78. The molecule has 1 aliphatic rings. The lowest BCUT2D eigenvalue weighted by Gasteiger charge is -2.33. The number of nitrogens with one attached hydrogen (secondary N) is 1. The van der Waals surface area contributed by atoms with Crippen LogP contribution >= 0.6 is 0 Å². The van der Waals surface area contributed by atoms with Gasteiger partial charge in [-0.2, -0.15) is 13.2 Å². The van der Waals surface area contributed by atoms with E-state index in [-0.39, 0.29) is 31.2 Å². The zero-order chi connectivity index (χ0) is 16.9. The first-order chi connectivity index (χ1) is 10.9. The molecule has 7 heteroatoms. The third kappa shape index (κ3) is 4.80. The Labute approximate surface area is 132 Å². The van der Waals surface area contributed by atoms with Crippen molar-refractivity contribution in [1.82, 2.24) is 10.2 Å². The van der Waals surface area contributed by atoms with Gasteiger partial charge in [-0.05, 0) is 11.6 Å². The summed E-state index contributed by atoms with van der Waals surface area (Å²) >= 11 is 0. The summed E-state index contributed by atoms with van der Waals surface area (Å²) in [4.78, 5) is 13.5. The van der Waals surface area contributed by atoms with E-state index in [1.54, 1.807) is 17.0 Å². The molecule has 0 aliphatic carbocycles. The van der Waals surface area contributed by atoms with E-state index in [1.165, 1.54) is 12.1 Å². The second-order valence-corrected chi connectivity index (χ2v) is 5.27. The third-order valence-corrected chi connectivity index (χ3v) is 3.57. The number of benzene rings is 1. The molecule has 0 saturated carbocycles. The van der Waals surface area contributed by atoms with Crippen molar-refractivity contribution in [3.05, 3.63) is 48.0 Å². The molecule has 1 atom stereocenters. The molecular weight excluding hydrogens is 309 g/mol. The van der Waals surface area contributed by atoms with Crippen LogP contribution in [-0.4, -0.2) is 43.6 Å². The molecule has 0 bridgehead atoms. The van der Waals surface area contributed by atoms with Crippen LogP contribution in [0.3, 0.4) is 0 Å². The normalized spacial score (nSPS) is 19.3. The molecule has 1 saturated heterocycles. The number of rotatable bonds is 5. The minimum atomic E-state index is -4.43. The Balaban J connectivity index is 2.07. The van der Waals surface area contributed by atoms with Gasteiger partial charge in [-0.15, -0.1) is 6.58 Å². The second-order valence-electron chi connectivity index (χ2n) is 5.27. The molecule has 4 nitrogen and oxygen atoms in total. The molecule has 1 aliphatic heterocycles. The van der Waals surface area contributed by atoms with Gasteiger partial charge in [-0.1, -0.05) is 24.3 Å². The first-order valence-corrected chi connectivity index (χ1v) is 7.29. The Bertz CT molecular complexity index is 561. The van der Waals surface area contributed by atoms with Crippen LogP contribution in [0.5, 0.6) is 0 Å². The number of carbonyl (C=O) groups excluding carboxylic acids is 1. The lowest BCUT2D eigenvalue weighted by atomic mass is 10.0. The average molecular weight is 328 g/mol. The van der Waals surface area contributed by atoms with E-state index in [4.69, 9.17) is 4.74 Å². The topological polar surface area (TPSA) is 41.6 Å². The van der Waals surface area contributed by atoms with Gasteiger partial charge in [0.25, 0.3) is 0 Å². The molecular formula is C16H19F3N2O2. The van der Waals surface area contributed by atoms with Crippen molar-refractivity contribution >= 4 is 5.91 Å². The molecule has 1 amide bonds. The molecule has 1 aromatic carbocycles. The van der Waals surface area contributed by atoms with Gasteiger partial charge in [-0.25, -0.2) is 0 Å². The lowest BCUT2D eigenvalue weighted by molar-refractivity contribution is -0.141. The number of hydrogen-bond donors (Lipinski definition) is 1. The van der Waals surface area contributed by atoms with Crippen LogP contribution < -0.4 is 5.32 Å². The van der Waals surface area contributed by atoms with Gasteiger partial charge in [0, 0.05) is 19.6 Å². The number of alkyl halides is 3. The number of carbonyl (C=O) groups is 1. The number of amides is 1. The fourth-order valence-corrected chi connectivity index (χ4v) is 2.52. The van der Waals surface area contributed by atoms with Crippen LogP contribution in [-0.2, 0) is 15.7 Å². The number of halogens is 3. The largest absolute Gasteiger partial charge is 0.416 e. The highest BCUT2D eigenvalue weighted by Crippen LogP contribution is 2.36. The number of hydrogen-bond acceptors (Lipinski definition) is 3. The number of morpholine rings is 1. The Morgan fingerprint density at radius 2 is 2.17 bits per heavy atom. The summed E-state index contributed by atoms with van der Waals surface area (Å²) in [5, 5.41) is 2.65. The first kappa shape index (κ1) is 17.5. The first-order valence-electron chi connectivity index (χ1n) is 7.29. The number of nitrogens with zero attached hydrogens (tertiary/aromatic N) is 1. The molecule has 1 N–H and O–H groups in total. The molecule has 126 valence electrons. The minimum absolute atomic E-state index is 0.108. The zero-order valence-electron chi connectivity index (χ0n) is 12.6. The third-order valence-electron chi connectivity index (χ3n) is 3.57. The zero-order valence-corrected chi connectivity index (χ0v) is 12.6. The number of ether oxygens (including phenoxy) is 1. The Morgan fingerprint density at radius 1 is 1.43 bits per heavy atom. The maximum atomic E-state index is 13.1. The van der Waals surface area contributed by atoms with E-state index in [9.17, 15) is 18.0 Å². The molecule has 0 unspecified atom stereocenters. The molecule has 0 radical (unpaired) electrons. The summed E-state index contributed by atoms with van der Waals surface area (Å²) in [5.41, 5.74) is -0.584. The predicted octanol–water partition coefficient (Wildman–Crippen LogP) is 2.38. The molecule has 1 fully saturated rings. The SMILES string of the molecule is C=CCNC(=O)CN1CCO[C@@H](c2ccccc2C(F)(F)F)C1. The van der Waals surface area contributed by atoms with Crippen LogP contribution in [0.25, 0.3) is 0 Å². The standard InChI is InChI=1S/C16H19F3N2O2/c1-2-7-20-15(22)11-21-8-9-23-14(10-21)12-5-3-4-6-13(12)16(17,18)19/h2-6,14H,1,7-11H2,(H,20,22)/t14-/m1/s1. The van der Waals surface area contributed by atoms with Gasteiger partial charge in [-0.3, -0.25) is 9.69 Å². The summed E-state index contributed by atoms with van der Waals surface area (Å²) in [6.07, 6.45) is -3.56. The maximum Gasteiger partial charge on any atom is 0.416 e. The Morgan fingerprint density at radius 3 is 2.87 bits per heavy atom. The van der Waals surface area contributed by atoms with Crippen molar-refractivity contribution in [2.24, 2.45) is 0 Å². The van der Waals surface area contributed by atoms with Gasteiger partial charge in [0.1, 0.15) is 0 Å². The molecule has 1 aromatic rings. The van der Waals surface area contributed by atoms with Crippen LogP contribution in [0, 0.1) is 0 Å². The monoisotopic (exact) mass is 328 g/mol. The summed E-state index contributed by atoms with van der Waals surface area (Å²) < 4.78 is 44.8. The van der Waals surface area contributed by atoms with E-state index >= 15 is 0 Å². The fourth-order valence-electron chi connectivity index (χ4n) is 2.52. The van der Waals surface area contributed by atoms with Crippen molar-refractivity contribution in [2.75, 3.05) is 32.8 Å². The van der Waals surface area contributed by atoms with Crippen LogP contribution in [0.15, 0.2) is 36.9 Å². The van der Waals surface area contributed by atoms with E-state index in [2.05, 4.69) is 11.9 Å². The highest BCUT2D eigenvalue weighted by atomic mass is 19.4. The van der Waals surface area contributed by atoms with Crippen molar-refractivity contribution < 1.29 is 22.7 Å². The maximum absolute atomic E-state index is 13.1. The average Bonchev–Trinajstić information content (AvgIpc) is 2.52. The molecule has 2 rings (SSSR count). The van der Waals surface area contributed by atoms with Gasteiger partial charge >= 0.3 is 6.18 Å². The Hall–Kier alpha value is -1.86. The van der Waals surface area contributed by atoms with E-state index < -0.39 is 17.8 Å². The summed E-state index contributed by atoms with van der Waals surface area (Å²) in [7, 11) is 0. The van der Waals surface area contributed by atoms with Crippen molar-refractivity contribution in [3.63, 3.8) is 0 Å². The minimum Gasteiger partial charge on any atom is -0.371 e. The van der Waals surface area contributed by atoms with E-state index in [0.717, 1.165) is 6.07 Å². The lowest BCUT2D eigenvalue weighted by Crippen LogP contribution is -2.44. The van der Waals surface area contributed by atoms with Crippen molar-refractivity contribution in [3.8, 4) is 0 Å². The van der Waals surface area contributed by atoms with Gasteiger partial charge in [0.2, 0.25) is 5.91 Å². The predicted molar refractivity (Wildman–Crippen MR) is 79.8 cm³/mol. The Kier molecular flexibility index (Phi) is 5.79. The quantitative estimate of drug-likeness (QED) is 0.844. The van der Waals surface area contributed by atoms with Crippen LogP contribution in [0.1, 0.15) is 17.2 Å². The van der Waals surface area contributed by atoms with Gasteiger partial charge < -0.3 is 10.1 Å². The summed E-state index contributed by atoms with van der Waals surface area (Å²) in [6.45, 7) is 5.03. The van der Waals surface area contributed by atoms with E-state index in [0.29, 0.717) is 13.1 Å². The van der Waals surface area contributed by atoms with Gasteiger partial charge in [0.15, 0.2) is 0 Å². The van der Waals surface area contributed by atoms with Crippen molar-refractivity contribution in [1.29, 1.82) is 0 Å². The molecule has 23 heavy (non-hydrogen) atoms. The summed E-state index contributed by atoms with van der Waals surface area (Å²) in [5.74, 6) is -0.186. The van der Waals surface area contributed by atoms with Gasteiger partial charge in [0.05, 0.1) is 24.8 Å². The smallest absolute Gasteiger partial charge is 0.371 e. The fraction of sp³-hybridized carbons (Fsp3) is 0.438. The highest BCUT2D eigenvalue weighted by Gasteiger charge is 2.36.